The Balaban J connectivity index is 1.39. The quantitative estimate of drug-likeness (QED) is 0.875. The van der Waals surface area contributed by atoms with Gasteiger partial charge in [0.25, 0.3) is 0 Å². The first-order valence-corrected chi connectivity index (χ1v) is 9.20. The van der Waals surface area contributed by atoms with Gasteiger partial charge in [0.2, 0.25) is 0 Å². The van der Waals surface area contributed by atoms with Crippen molar-refractivity contribution in [2.75, 3.05) is 19.6 Å². The summed E-state index contributed by atoms with van der Waals surface area (Å²) < 4.78 is 5.87. The maximum absolute atomic E-state index is 12.3. The van der Waals surface area contributed by atoms with Crippen LogP contribution in [0.25, 0.3) is 0 Å². The van der Waals surface area contributed by atoms with Gasteiger partial charge in [0.1, 0.15) is 11.9 Å². The normalized spacial score (nSPS) is 18.4. The molecule has 1 aliphatic rings. The number of likely N-dealkylation sites (tertiary alicyclic amines) is 1. The molecule has 3 heterocycles. The molecule has 2 atom stereocenters. The molecule has 5 nitrogen and oxygen atoms in total. The number of amides is 2. The molecule has 2 aromatic rings. The van der Waals surface area contributed by atoms with E-state index in [-0.39, 0.29) is 12.1 Å². The van der Waals surface area contributed by atoms with Crippen LogP contribution in [0.3, 0.4) is 0 Å². The highest BCUT2D eigenvalue weighted by atomic mass is 32.1. The predicted octanol–water partition coefficient (Wildman–Crippen LogP) is 3.18. The van der Waals surface area contributed by atoms with Crippen LogP contribution in [0.5, 0.6) is 5.75 Å². The van der Waals surface area contributed by atoms with Gasteiger partial charge >= 0.3 is 6.03 Å². The Morgan fingerprint density at radius 2 is 2.42 bits per heavy atom. The van der Waals surface area contributed by atoms with Crippen molar-refractivity contribution in [3.05, 3.63) is 46.9 Å². The lowest BCUT2D eigenvalue weighted by molar-refractivity contribution is 0.185. The van der Waals surface area contributed by atoms with E-state index in [1.165, 1.54) is 4.88 Å². The Morgan fingerprint density at radius 1 is 1.50 bits per heavy atom. The van der Waals surface area contributed by atoms with E-state index in [0.717, 1.165) is 25.1 Å². The van der Waals surface area contributed by atoms with Gasteiger partial charge in [0.15, 0.2) is 0 Å². The molecule has 1 saturated heterocycles. The summed E-state index contributed by atoms with van der Waals surface area (Å²) in [5.74, 6) is 1.19. The van der Waals surface area contributed by atoms with Gasteiger partial charge in [0, 0.05) is 30.6 Å². The van der Waals surface area contributed by atoms with Crippen molar-refractivity contribution < 1.29 is 9.53 Å². The highest BCUT2D eigenvalue weighted by Gasteiger charge is 2.27. The Hall–Kier alpha value is -2.08. The van der Waals surface area contributed by atoms with E-state index in [1.54, 1.807) is 23.7 Å². The highest BCUT2D eigenvalue weighted by Crippen LogP contribution is 2.18. The van der Waals surface area contributed by atoms with Gasteiger partial charge in [-0.1, -0.05) is 13.0 Å². The number of pyridine rings is 1. The number of carbonyl (C=O) groups is 1. The number of nitrogens with zero attached hydrogens (tertiary/aromatic N) is 2. The molecule has 1 aliphatic heterocycles. The predicted molar refractivity (Wildman–Crippen MR) is 95.4 cm³/mol. The van der Waals surface area contributed by atoms with Crippen molar-refractivity contribution >= 4 is 17.4 Å². The number of nitrogens with one attached hydrogen (secondary N) is 1. The van der Waals surface area contributed by atoms with Crippen LogP contribution in [-0.2, 0) is 6.42 Å². The van der Waals surface area contributed by atoms with Crippen molar-refractivity contribution in [3.8, 4) is 5.75 Å². The number of ether oxygens (including phenoxy) is 1. The number of urea groups is 1. The van der Waals surface area contributed by atoms with Crippen molar-refractivity contribution in [2.24, 2.45) is 5.92 Å². The highest BCUT2D eigenvalue weighted by molar-refractivity contribution is 7.09. The SMILES string of the molecule is C[C@H](CNC(=O)N1CC[C@@H](Oc2cccnc2)C1)Cc1cccs1. The minimum atomic E-state index is 0.00492. The molecular formula is C18H23N3O2S. The molecule has 2 amide bonds. The molecule has 0 radical (unpaired) electrons. The summed E-state index contributed by atoms with van der Waals surface area (Å²) in [5.41, 5.74) is 0. The van der Waals surface area contributed by atoms with E-state index < -0.39 is 0 Å². The topological polar surface area (TPSA) is 54.5 Å². The van der Waals surface area contributed by atoms with E-state index in [4.69, 9.17) is 4.74 Å². The van der Waals surface area contributed by atoms with E-state index in [9.17, 15) is 4.79 Å². The van der Waals surface area contributed by atoms with Crippen molar-refractivity contribution in [1.29, 1.82) is 0 Å². The lowest BCUT2D eigenvalue weighted by Crippen LogP contribution is -2.41. The summed E-state index contributed by atoms with van der Waals surface area (Å²) in [7, 11) is 0. The first-order chi connectivity index (χ1) is 11.7. The van der Waals surface area contributed by atoms with E-state index in [2.05, 4.69) is 34.7 Å². The van der Waals surface area contributed by atoms with Gasteiger partial charge in [-0.05, 0) is 35.9 Å². The zero-order valence-corrected chi connectivity index (χ0v) is 14.7. The maximum atomic E-state index is 12.3. The van der Waals surface area contributed by atoms with E-state index >= 15 is 0 Å². The molecule has 1 fully saturated rings. The lowest BCUT2D eigenvalue weighted by Gasteiger charge is -2.19. The summed E-state index contributed by atoms with van der Waals surface area (Å²) in [4.78, 5) is 19.5. The number of aromatic nitrogens is 1. The molecule has 0 spiro atoms. The molecule has 3 rings (SSSR count). The average molecular weight is 345 g/mol. The van der Waals surface area contributed by atoms with E-state index in [1.807, 2.05) is 17.0 Å². The third-order valence-electron chi connectivity index (χ3n) is 4.10. The van der Waals surface area contributed by atoms with Crippen LogP contribution in [0.4, 0.5) is 4.79 Å². The van der Waals surface area contributed by atoms with Gasteiger partial charge < -0.3 is 15.0 Å². The van der Waals surface area contributed by atoms with Crippen LogP contribution in [0.15, 0.2) is 42.0 Å². The summed E-state index contributed by atoms with van der Waals surface area (Å²) >= 11 is 1.77. The molecule has 0 saturated carbocycles. The molecule has 0 bridgehead atoms. The van der Waals surface area contributed by atoms with Crippen molar-refractivity contribution in [1.82, 2.24) is 15.2 Å². The third kappa shape index (κ3) is 4.71. The molecule has 24 heavy (non-hydrogen) atoms. The van der Waals surface area contributed by atoms with Crippen molar-refractivity contribution in [2.45, 2.75) is 25.9 Å². The van der Waals surface area contributed by atoms with Gasteiger partial charge in [-0.15, -0.1) is 11.3 Å². The Morgan fingerprint density at radius 3 is 3.17 bits per heavy atom. The number of carbonyl (C=O) groups excluding carboxylic acids is 1. The van der Waals surface area contributed by atoms with Crippen molar-refractivity contribution in [3.63, 3.8) is 0 Å². The monoisotopic (exact) mass is 345 g/mol. The van der Waals surface area contributed by atoms with Gasteiger partial charge in [0.05, 0.1) is 12.7 Å². The van der Waals surface area contributed by atoms with Crippen LogP contribution >= 0.6 is 11.3 Å². The minimum absolute atomic E-state index is 0.00492. The number of thiophene rings is 1. The summed E-state index contributed by atoms with van der Waals surface area (Å²) in [6.45, 7) is 4.22. The largest absolute Gasteiger partial charge is 0.487 e. The smallest absolute Gasteiger partial charge is 0.317 e. The summed E-state index contributed by atoms with van der Waals surface area (Å²) in [5, 5.41) is 5.14. The Bertz CT molecular complexity index is 633. The van der Waals surface area contributed by atoms with Gasteiger partial charge in [-0.3, -0.25) is 4.98 Å². The zero-order chi connectivity index (χ0) is 16.8. The zero-order valence-electron chi connectivity index (χ0n) is 13.9. The lowest BCUT2D eigenvalue weighted by atomic mass is 10.1. The fourth-order valence-corrected chi connectivity index (χ4v) is 3.71. The van der Waals surface area contributed by atoms with Crippen LogP contribution in [0, 0.1) is 5.92 Å². The number of rotatable bonds is 6. The second kappa shape index (κ2) is 8.15. The maximum Gasteiger partial charge on any atom is 0.317 e. The standard InChI is InChI=1S/C18H23N3O2S/c1-14(10-17-5-3-9-24-17)11-20-18(22)21-8-6-16(13-21)23-15-4-2-7-19-12-15/h2-5,7,9,12,14,16H,6,8,10-11,13H2,1H3,(H,20,22)/t14-,16+/m0/s1. The van der Waals surface area contributed by atoms with Crippen LogP contribution in [-0.4, -0.2) is 41.7 Å². The first-order valence-electron chi connectivity index (χ1n) is 8.32. The van der Waals surface area contributed by atoms with Crippen LogP contribution in [0.1, 0.15) is 18.2 Å². The molecule has 0 aliphatic carbocycles. The Kier molecular flexibility index (Phi) is 5.69. The second-order valence-electron chi connectivity index (χ2n) is 6.24. The van der Waals surface area contributed by atoms with Gasteiger partial charge in [-0.25, -0.2) is 4.79 Å². The fraction of sp³-hybridized carbons (Fsp3) is 0.444. The first kappa shape index (κ1) is 16.8. The fourth-order valence-electron chi connectivity index (χ4n) is 2.84. The van der Waals surface area contributed by atoms with E-state index in [0.29, 0.717) is 19.0 Å². The molecule has 0 unspecified atom stereocenters. The molecule has 1 N–H and O–H groups in total. The summed E-state index contributed by atoms with van der Waals surface area (Å²) in [6.07, 6.45) is 5.33. The second-order valence-corrected chi connectivity index (χ2v) is 7.27. The third-order valence-corrected chi connectivity index (χ3v) is 5.00. The molecule has 6 heteroatoms. The van der Waals surface area contributed by atoms with Crippen LogP contribution < -0.4 is 10.1 Å². The average Bonchev–Trinajstić information content (AvgIpc) is 3.26. The summed E-state index contributed by atoms with van der Waals surface area (Å²) in [6, 6.07) is 7.96. The molecule has 2 aromatic heterocycles. The number of hydrogen-bond donors (Lipinski definition) is 1. The Labute approximate surface area is 146 Å². The minimum Gasteiger partial charge on any atom is -0.487 e. The number of hydrogen-bond acceptors (Lipinski definition) is 4. The van der Waals surface area contributed by atoms with Gasteiger partial charge in [-0.2, -0.15) is 0 Å². The van der Waals surface area contributed by atoms with Crippen LogP contribution in [0.2, 0.25) is 0 Å². The molecule has 128 valence electrons. The molecular weight excluding hydrogens is 322 g/mol. The molecule has 0 aromatic carbocycles.